The minimum absolute atomic E-state index is 0.0647. The summed E-state index contributed by atoms with van der Waals surface area (Å²) in [5.74, 6) is -1.30. The minimum Gasteiger partial charge on any atom is -0.481 e. The van der Waals surface area contributed by atoms with Gasteiger partial charge in [0.15, 0.2) is 0 Å². The van der Waals surface area contributed by atoms with Gasteiger partial charge < -0.3 is 20.6 Å². The molecule has 0 atom stereocenters. The molecule has 1 amide bonds. The largest absolute Gasteiger partial charge is 0.481 e. The zero-order chi connectivity index (χ0) is 12.6. The molecule has 0 radical (unpaired) electrons. The average molecular weight is 233 g/mol. The van der Waals surface area contributed by atoms with E-state index in [1.165, 1.54) is 0 Å². The van der Waals surface area contributed by atoms with E-state index < -0.39 is 11.5 Å². The summed E-state index contributed by atoms with van der Waals surface area (Å²) in [7, 11) is 0. The zero-order valence-electron chi connectivity index (χ0n) is 9.40. The van der Waals surface area contributed by atoms with Crippen molar-refractivity contribution in [3.63, 3.8) is 0 Å². The van der Waals surface area contributed by atoms with Crippen LogP contribution in [0.3, 0.4) is 0 Å². The van der Waals surface area contributed by atoms with Crippen LogP contribution in [0.4, 0.5) is 0 Å². The number of aliphatic carboxylic acids is 1. The lowest BCUT2D eigenvalue weighted by atomic mass is 9.98. The summed E-state index contributed by atoms with van der Waals surface area (Å²) in [6, 6.07) is 0. The highest BCUT2D eigenvalue weighted by Gasteiger charge is 2.28. The number of aliphatic hydroxyl groups excluding tert-OH is 2. The van der Waals surface area contributed by atoms with Crippen molar-refractivity contribution in [1.29, 1.82) is 0 Å². The van der Waals surface area contributed by atoms with E-state index in [4.69, 9.17) is 15.3 Å². The Morgan fingerprint density at radius 1 is 1.19 bits per heavy atom. The van der Waals surface area contributed by atoms with Crippen LogP contribution in [0, 0.1) is 0 Å². The molecule has 0 bridgehead atoms. The van der Waals surface area contributed by atoms with Crippen molar-refractivity contribution in [2.45, 2.75) is 38.1 Å². The fourth-order valence-corrected chi connectivity index (χ4v) is 1.20. The molecular formula is C10H19NO5. The zero-order valence-corrected chi connectivity index (χ0v) is 9.40. The van der Waals surface area contributed by atoms with Gasteiger partial charge in [-0.25, -0.2) is 0 Å². The number of nitrogens with one attached hydrogen (secondary N) is 1. The minimum atomic E-state index is -1.000. The predicted octanol–water partition coefficient (Wildman–Crippen LogP) is -0.509. The Hall–Kier alpha value is -1.14. The maximum atomic E-state index is 11.4. The van der Waals surface area contributed by atoms with Gasteiger partial charge in [0.2, 0.25) is 5.91 Å². The van der Waals surface area contributed by atoms with Crippen LogP contribution in [0.15, 0.2) is 0 Å². The van der Waals surface area contributed by atoms with E-state index >= 15 is 0 Å². The van der Waals surface area contributed by atoms with Crippen molar-refractivity contribution in [3.05, 3.63) is 0 Å². The van der Waals surface area contributed by atoms with Crippen LogP contribution in [0.2, 0.25) is 0 Å². The van der Waals surface area contributed by atoms with Gasteiger partial charge in [-0.1, -0.05) is 6.92 Å². The smallest absolute Gasteiger partial charge is 0.303 e. The predicted molar refractivity (Wildman–Crippen MR) is 56.8 cm³/mol. The van der Waals surface area contributed by atoms with Crippen molar-refractivity contribution in [1.82, 2.24) is 5.32 Å². The third kappa shape index (κ3) is 5.09. The number of rotatable bonds is 8. The van der Waals surface area contributed by atoms with Crippen molar-refractivity contribution in [3.8, 4) is 0 Å². The Balaban J connectivity index is 4.05. The molecule has 0 heterocycles. The van der Waals surface area contributed by atoms with Gasteiger partial charge in [-0.05, 0) is 12.8 Å². The van der Waals surface area contributed by atoms with Gasteiger partial charge in [0.1, 0.15) is 0 Å². The molecule has 0 fully saturated rings. The molecule has 16 heavy (non-hydrogen) atoms. The number of carbonyl (C=O) groups excluding carboxylic acids is 1. The van der Waals surface area contributed by atoms with Gasteiger partial charge in [0, 0.05) is 12.8 Å². The van der Waals surface area contributed by atoms with Crippen LogP contribution in [0.25, 0.3) is 0 Å². The first-order valence-electron chi connectivity index (χ1n) is 5.24. The third-order valence-electron chi connectivity index (χ3n) is 2.48. The molecule has 4 N–H and O–H groups in total. The van der Waals surface area contributed by atoms with Gasteiger partial charge >= 0.3 is 5.97 Å². The third-order valence-corrected chi connectivity index (χ3v) is 2.48. The van der Waals surface area contributed by atoms with E-state index in [9.17, 15) is 9.59 Å². The van der Waals surface area contributed by atoms with E-state index in [2.05, 4.69) is 5.32 Å². The van der Waals surface area contributed by atoms with Crippen LogP contribution in [0.1, 0.15) is 32.6 Å². The number of amides is 1. The quantitative estimate of drug-likeness (QED) is 0.452. The summed E-state index contributed by atoms with van der Waals surface area (Å²) in [4.78, 5) is 21.6. The average Bonchev–Trinajstić information content (AvgIpc) is 2.25. The van der Waals surface area contributed by atoms with Gasteiger partial charge in [-0.3, -0.25) is 9.59 Å². The van der Waals surface area contributed by atoms with Gasteiger partial charge in [0.05, 0.1) is 18.8 Å². The second-order valence-electron chi connectivity index (χ2n) is 3.75. The SMILES string of the molecule is CCC(CO)(CO)NC(=O)CCCC(=O)O. The van der Waals surface area contributed by atoms with Crippen molar-refractivity contribution < 1.29 is 24.9 Å². The maximum Gasteiger partial charge on any atom is 0.303 e. The molecule has 0 aliphatic rings. The fourth-order valence-electron chi connectivity index (χ4n) is 1.20. The fraction of sp³-hybridized carbons (Fsp3) is 0.800. The van der Waals surface area contributed by atoms with Crippen LogP contribution < -0.4 is 5.32 Å². The molecule has 0 saturated heterocycles. The summed E-state index contributed by atoms with van der Waals surface area (Å²) >= 11 is 0. The molecule has 0 rings (SSSR count). The molecule has 6 heteroatoms. The second kappa shape index (κ2) is 7.19. The topological polar surface area (TPSA) is 107 Å². The highest BCUT2D eigenvalue weighted by molar-refractivity contribution is 5.77. The van der Waals surface area contributed by atoms with Crippen molar-refractivity contribution in [2.24, 2.45) is 0 Å². The van der Waals surface area contributed by atoms with Crippen molar-refractivity contribution >= 4 is 11.9 Å². The summed E-state index contributed by atoms with van der Waals surface area (Å²) < 4.78 is 0. The number of aliphatic hydroxyl groups is 2. The van der Waals surface area contributed by atoms with E-state index in [-0.39, 0.29) is 38.4 Å². The summed E-state index contributed by atoms with van der Waals surface area (Å²) in [6.45, 7) is 1.05. The highest BCUT2D eigenvalue weighted by Crippen LogP contribution is 2.09. The lowest BCUT2D eigenvalue weighted by molar-refractivity contribution is -0.137. The van der Waals surface area contributed by atoms with Crippen LogP contribution in [-0.2, 0) is 9.59 Å². The van der Waals surface area contributed by atoms with E-state index in [0.29, 0.717) is 6.42 Å². The number of hydrogen-bond donors (Lipinski definition) is 4. The second-order valence-corrected chi connectivity index (χ2v) is 3.75. The molecule has 6 nitrogen and oxygen atoms in total. The van der Waals surface area contributed by atoms with Gasteiger partial charge in [0.25, 0.3) is 0 Å². The Bertz CT molecular complexity index is 229. The van der Waals surface area contributed by atoms with Crippen molar-refractivity contribution in [2.75, 3.05) is 13.2 Å². The molecule has 0 saturated carbocycles. The van der Waals surface area contributed by atoms with E-state index in [1.807, 2.05) is 0 Å². The summed E-state index contributed by atoms with van der Waals surface area (Å²) in [5, 5.41) is 29.0. The Morgan fingerprint density at radius 3 is 2.12 bits per heavy atom. The number of hydrogen-bond acceptors (Lipinski definition) is 4. The van der Waals surface area contributed by atoms with Gasteiger partial charge in [-0.2, -0.15) is 0 Å². The molecular weight excluding hydrogens is 214 g/mol. The van der Waals surface area contributed by atoms with Crippen LogP contribution in [0.5, 0.6) is 0 Å². The first kappa shape index (κ1) is 14.9. The Morgan fingerprint density at radius 2 is 1.75 bits per heavy atom. The van der Waals surface area contributed by atoms with Crippen LogP contribution >= 0.6 is 0 Å². The molecule has 0 aliphatic heterocycles. The molecule has 0 aromatic rings. The lowest BCUT2D eigenvalue weighted by Crippen LogP contribution is -2.53. The molecule has 0 aromatic heterocycles. The Kier molecular flexibility index (Phi) is 6.67. The number of carboxylic acid groups (broad SMARTS) is 1. The number of carbonyl (C=O) groups is 2. The first-order chi connectivity index (χ1) is 7.49. The van der Waals surface area contributed by atoms with E-state index in [1.54, 1.807) is 6.92 Å². The normalized spacial score (nSPS) is 11.2. The molecule has 0 aromatic carbocycles. The molecule has 0 unspecified atom stereocenters. The lowest BCUT2D eigenvalue weighted by Gasteiger charge is -2.29. The van der Waals surface area contributed by atoms with Gasteiger partial charge in [-0.15, -0.1) is 0 Å². The first-order valence-corrected chi connectivity index (χ1v) is 5.24. The standard InChI is InChI=1S/C10H19NO5/c1-2-10(6-12,7-13)11-8(14)4-3-5-9(15)16/h12-13H,2-7H2,1H3,(H,11,14)(H,15,16). The Labute approximate surface area is 94.3 Å². The molecule has 0 aliphatic carbocycles. The van der Waals surface area contributed by atoms with Crippen LogP contribution in [-0.4, -0.2) is 45.9 Å². The maximum absolute atomic E-state index is 11.4. The monoisotopic (exact) mass is 233 g/mol. The molecule has 94 valence electrons. The summed E-state index contributed by atoms with van der Waals surface area (Å²) in [6.07, 6.45) is 0.668. The summed E-state index contributed by atoms with van der Waals surface area (Å²) in [5.41, 5.74) is -1.000. The highest BCUT2D eigenvalue weighted by atomic mass is 16.4. The van der Waals surface area contributed by atoms with E-state index in [0.717, 1.165) is 0 Å². The molecule has 0 spiro atoms. The number of carboxylic acids is 1.